The second-order valence-electron chi connectivity index (χ2n) is 5.07. The normalized spacial score (nSPS) is 10.6. The summed E-state index contributed by atoms with van der Waals surface area (Å²) in [6.45, 7) is 6.41. The van der Waals surface area contributed by atoms with Crippen molar-refractivity contribution in [3.63, 3.8) is 0 Å². The van der Waals surface area contributed by atoms with E-state index in [-0.39, 0.29) is 5.84 Å². The van der Waals surface area contributed by atoms with E-state index in [1.54, 1.807) is 18.3 Å². The van der Waals surface area contributed by atoms with Crippen LogP contribution in [0.1, 0.15) is 36.5 Å². The Kier molecular flexibility index (Phi) is 4.03. The number of hydrogen-bond donors (Lipinski definition) is 2. The van der Waals surface area contributed by atoms with Gasteiger partial charge in [0.1, 0.15) is 11.6 Å². The molecule has 1 aromatic carbocycles. The van der Waals surface area contributed by atoms with Crippen LogP contribution < -0.4 is 10.5 Å². The van der Waals surface area contributed by atoms with Crippen molar-refractivity contribution in [3.05, 3.63) is 53.2 Å². The predicted molar refractivity (Wildman–Crippen MR) is 80.6 cm³/mol. The fraction of sp³-hybridized carbons (Fsp3) is 0.250. The van der Waals surface area contributed by atoms with Crippen molar-refractivity contribution in [1.82, 2.24) is 4.98 Å². The fourth-order valence-corrected chi connectivity index (χ4v) is 2.11. The van der Waals surface area contributed by atoms with Crippen LogP contribution in [0.2, 0.25) is 0 Å². The van der Waals surface area contributed by atoms with Crippen molar-refractivity contribution in [1.29, 1.82) is 5.41 Å². The summed E-state index contributed by atoms with van der Waals surface area (Å²) in [6.07, 6.45) is 1.58. The SMILES string of the molecule is Cc1cc(Oc2cc(C(=N)N)ccn2)ccc1C(C)C. The molecule has 3 N–H and O–H groups in total. The number of nitrogens with one attached hydrogen (secondary N) is 1. The van der Waals surface area contributed by atoms with Crippen LogP contribution in [0, 0.1) is 12.3 Å². The molecule has 0 unspecified atom stereocenters. The molecule has 4 heteroatoms. The fourth-order valence-electron chi connectivity index (χ4n) is 2.11. The Morgan fingerprint density at radius 1 is 1.25 bits per heavy atom. The molecular weight excluding hydrogens is 250 g/mol. The first-order valence-electron chi connectivity index (χ1n) is 6.56. The van der Waals surface area contributed by atoms with E-state index in [4.69, 9.17) is 15.9 Å². The quantitative estimate of drug-likeness (QED) is 0.658. The first-order valence-corrected chi connectivity index (χ1v) is 6.56. The summed E-state index contributed by atoms with van der Waals surface area (Å²) in [5.74, 6) is 1.67. The predicted octanol–water partition coefficient (Wildman–Crippen LogP) is 3.59. The second-order valence-corrected chi connectivity index (χ2v) is 5.07. The summed E-state index contributed by atoms with van der Waals surface area (Å²) in [6, 6.07) is 9.35. The van der Waals surface area contributed by atoms with Crippen LogP contribution in [0.4, 0.5) is 0 Å². The number of nitrogens with two attached hydrogens (primary N) is 1. The Bertz CT molecular complexity index is 635. The van der Waals surface area contributed by atoms with Gasteiger partial charge in [-0.1, -0.05) is 19.9 Å². The van der Waals surface area contributed by atoms with Gasteiger partial charge in [0.25, 0.3) is 0 Å². The lowest BCUT2D eigenvalue weighted by Crippen LogP contribution is -2.11. The number of aromatic nitrogens is 1. The molecule has 2 rings (SSSR count). The highest BCUT2D eigenvalue weighted by molar-refractivity contribution is 5.95. The van der Waals surface area contributed by atoms with Gasteiger partial charge in [-0.2, -0.15) is 0 Å². The highest BCUT2D eigenvalue weighted by atomic mass is 16.5. The Morgan fingerprint density at radius 3 is 2.60 bits per heavy atom. The summed E-state index contributed by atoms with van der Waals surface area (Å²) in [4.78, 5) is 4.13. The highest BCUT2D eigenvalue weighted by Gasteiger charge is 2.06. The molecule has 0 aliphatic heterocycles. The van der Waals surface area contributed by atoms with E-state index in [0.29, 0.717) is 17.4 Å². The largest absolute Gasteiger partial charge is 0.439 e. The van der Waals surface area contributed by atoms with Crippen LogP contribution >= 0.6 is 0 Å². The molecule has 0 spiro atoms. The number of ether oxygens (including phenoxy) is 1. The molecule has 104 valence electrons. The third-order valence-electron chi connectivity index (χ3n) is 3.13. The number of benzene rings is 1. The molecule has 0 bridgehead atoms. The average molecular weight is 269 g/mol. The maximum atomic E-state index is 7.42. The monoisotopic (exact) mass is 269 g/mol. The minimum atomic E-state index is 0.00332. The van der Waals surface area contributed by atoms with E-state index in [9.17, 15) is 0 Å². The third kappa shape index (κ3) is 3.15. The zero-order valence-electron chi connectivity index (χ0n) is 12.0. The lowest BCUT2D eigenvalue weighted by molar-refractivity contribution is 0.462. The molecule has 1 aromatic heterocycles. The van der Waals surface area contributed by atoms with Crippen molar-refractivity contribution >= 4 is 5.84 Å². The molecule has 1 heterocycles. The van der Waals surface area contributed by atoms with Crippen molar-refractivity contribution < 1.29 is 4.74 Å². The molecule has 0 saturated carbocycles. The molecule has 2 aromatic rings. The summed E-state index contributed by atoms with van der Waals surface area (Å²) in [5.41, 5.74) is 8.56. The molecule has 0 amide bonds. The smallest absolute Gasteiger partial charge is 0.219 e. The standard InChI is InChI=1S/C16H19N3O/c1-10(2)14-5-4-13(8-11(14)3)20-15-9-12(16(17)18)6-7-19-15/h4-10H,1-3H3,(H3,17,18). The number of nitrogens with zero attached hydrogens (tertiary/aromatic N) is 1. The molecule has 4 nitrogen and oxygen atoms in total. The molecule has 0 saturated heterocycles. The summed E-state index contributed by atoms with van der Waals surface area (Å²) in [7, 11) is 0. The van der Waals surface area contributed by atoms with Crippen LogP contribution in [0.3, 0.4) is 0 Å². The first kappa shape index (κ1) is 14.1. The van der Waals surface area contributed by atoms with Gasteiger partial charge in [0, 0.05) is 17.8 Å². The van der Waals surface area contributed by atoms with E-state index in [2.05, 4.69) is 31.8 Å². The molecule has 0 aliphatic carbocycles. The summed E-state index contributed by atoms with van der Waals surface area (Å²) < 4.78 is 5.72. The van der Waals surface area contributed by atoms with Gasteiger partial charge in [-0.15, -0.1) is 0 Å². The number of hydrogen-bond acceptors (Lipinski definition) is 3. The van der Waals surface area contributed by atoms with Crippen LogP contribution in [0.25, 0.3) is 0 Å². The van der Waals surface area contributed by atoms with Gasteiger partial charge in [0.2, 0.25) is 5.88 Å². The van der Waals surface area contributed by atoms with Crippen molar-refractivity contribution in [3.8, 4) is 11.6 Å². The van der Waals surface area contributed by atoms with Crippen LogP contribution in [0.5, 0.6) is 11.6 Å². The number of pyridine rings is 1. The molecule has 0 fully saturated rings. The van der Waals surface area contributed by atoms with Gasteiger partial charge in [-0.25, -0.2) is 4.98 Å². The topological polar surface area (TPSA) is 72.0 Å². The minimum absolute atomic E-state index is 0.00332. The highest BCUT2D eigenvalue weighted by Crippen LogP contribution is 2.26. The van der Waals surface area contributed by atoms with Crippen LogP contribution in [-0.2, 0) is 0 Å². The van der Waals surface area contributed by atoms with Gasteiger partial charge in [-0.05, 0) is 42.2 Å². The molecule has 0 aliphatic rings. The van der Waals surface area contributed by atoms with E-state index in [1.165, 1.54) is 11.1 Å². The van der Waals surface area contributed by atoms with E-state index >= 15 is 0 Å². The summed E-state index contributed by atoms with van der Waals surface area (Å²) >= 11 is 0. The number of rotatable bonds is 4. The first-order chi connectivity index (χ1) is 9.47. The molecule has 20 heavy (non-hydrogen) atoms. The number of nitrogen functional groups attached to an aromatic ring is 1. The van der Waals surface area contributed by atoms with Gasteiger partial charge < -0.3 is 10.5 Å². The minimum Gasteiger partial charge on any atom is -0.439 e. The Balaban J connectivity index is 2.24. The van der Waals surface area contributed by atoms with Gasteiger partial charge in [0.05, 0.1) is 0 Å². The van der Waals surface area contributed by atoms with E-state index < -0.39 is 0 Å². The van der Waals surface area contributed by atoms with Gasteiger partial charge >= 0.3 is 0 Å². The Labute approximate surface area is 119 Å². The number of amidine groups is 1. The average Bonchev–Trinajstić information content (AvgIpc) is 2.38. The molecule has 0 radical (unpaired) electrons. The number of aryl methyl sites for hydroxylation is 1. The van der Waals surface area contributed by atoms with E-state index in [1.807, 2.05) is 12.1 Å². The van der Waals surface area contributed by atoms with Crippen LogP contribution in [-0.4, -0.2) is 10.8 Å². The zero-order valence-corrected chi connectivity index (χ0v) is 12.0. The van der Waals surface area contributed by atoms with Crippen molar-refractivity contribution in [2.75, 3.05) is 0 Å². The van der Waals surface area contributed by atoms with Crippen molar-refractivity contribution in [2.45, 2.75) is 26.7 Å². The third-order valence-corrected chi connectivity index (χ3v) is 3.13. The van der Waals surface area contributed by atoms with E-state index in [0.717, 1.165) is 5.75 Å². The Hall–Kier alpha value is -2.36. The maximum absolute atomic E-state index is 7.42. The maximum Gasteiger partial charge on any atom is 0.219 e. The lowest BCUT2D eigenvalue weighted by atomic mass is 9.98. The van der Waals surface area contributed by atoms with Crippen molar-refractivity contribution in [2.24, 2.45) is 5.73 Å². The second kappa shape index (κ2) is 5.74. The van der Waals surface area contributed by atoms with Crippen LogP contribution in [0.15, 0.2) is 36.5 Å². The molecule has 0 atom stereocenters. The zero-order chi connectivity index (χ0) is 14.7. The van der Waals surface area contributed by atoms with Gasteiger partial charge in [0.15, 0.2) is 0 Å². The summed E-state index contributed by atoms with van der Waals surface area (Å²) in [5, 5.41) is 7.42. The lowest BCUT2D eigenvalue weighted by Gasteiger charge is -2.12. The Morgan fingerprint density at radius 2 is 2.00 bits per heavy atom. The molecular formula is C16H19N3O. The van der Waals surface area contributed by atoms with Gasteiger partial charge in [-0.3, -0.25) is 5.41 Å².